The molecule has 0 radical (unpaired) electrons. The van der Waals surface area contributed by atoms with Gasteiger partial charge in [-0.05, 0) is 24.8 Å². The number of aliphatic hydroxyl groups is 1. The molecule has 1 aromatic rings. The Hall–Kier alpha value is -3.23. The molecule has 2 aliphatic heterocycles. The van der Waals surface area contributed by atoms with Gasteiger partial charge in [-0.2, -0.15) is 8.42 Å². The van der Waals surface area contributed by atoms with Gasteiger partial charge in [0.05, 0.1) is 12.0 Å². The zero-order valence-corrected chi connectivity index (χ0v) is 20.3. The van der Waals surface area contributed by atoms with Gasteiger partial charge in [-0.3, -0.25) is 18.9 Å². The Morgan fingerprint density at radius 2 is 1.89 bits per heavy atom. The molecule has 36 heavy (non-hydrogen) atoms. The molecule has 2 saturated heterocycles. The largest absolute Gasteiger partial charge is 0.449 e. The number of carbonyl (C=O) groups excluding carboxylic acids is 4. The van der Waals surface area contributed by atoms with Crippen LogP contribution in [0.2, 0.25) is 0 Å². The van der Waals surface area contributed by atoms with Gasteiger partial charge in [-0.15, -0.1) is 0 Å². The topological polar surface area (TPSA) is 191 Å². The first-order valence-corrected chi connectivity index (χ1v) is 13.0. The van der Waals surface area contributed by atoms with E-state index in [0.717, 1.165) is 5.56 Å². The molecule has 0 saturated carbocycles. The quantitative estimate of drug-likeness (QED) is 0.225. The van der Waals surface area contributed by atoms with Gasteiger partial charge < -0.3 is 30.7 Å². The number of benzene rings is 1. The number of likely N-dealkylation sites (tertiary alicyclic amines) is 1. The highest BCUT2D eigenvalue weighted by molar-refractivity contribution is 7.86. The summed E-state index contributed by atoms with van der Waals surface area (Å²) in [4.78, 5) is 50.3. The molecular weight excluding hydrogens is 496 g/mol. The molecule has 0 aromatic heterocycles. The van der Waals surface area contributed by atoms with Crippen molar-refractivity contribution >= 4 is 33.9 Å². The average molecular weight is 527 g/mol. The van der Waals surface area contributed by atoms with Gasteiger partial charge in [0.2, 0.25) is 23.2 Å². The normalized spacial score (nSPS) is 21.6. The first kappa shape index (κ1) is 27.4. The van der Waals surface area contributed by atoms with E-state index in [1.54, 1.807) is 4.90 Å². The molecule has 198 valence electrons. The van der Waals surface area contributed by atoms with Crippen LogP contribution in [0.3, 0.4) is 0 Å². The summed E-state index contributed by atoms with van der Waals surface area (Å²) in [6, 6.07) is 8.00. The summed E-state index contributed by atoms with van der Waals surface area (Å²) in [5.41, 5.74) is -1.36. The molecule has 0 spiro atoms. The number of ether oxygens (including phenoxy) is 1. The van der Waals surface area contributed by atoms with Crippen molar-refractivity contribution in [3.05, 3.63) is 35.9 Å². The predicted molar refractivity (Wildman–Crippen MR) is 125 cm³/mol. The Morgan fingerprint density at radius 1 is 1.17 bits per heavy atom. The smallest absolute Gasteiger partial charge is 0.407 e. The average Bonchev–Trinajstić information content (AvgIpc) is 3.40. The number of hydrogen-bond acceptors (Lipinski definition) is 8. The number of carbonyl (C=O) groups is 4. The fraction of sp³-hybridized carbons (Fsp3) is 0.545. The molecule has 0 bridgehead atoms. The lowest BCUT2D eigenvalue weighted by molar-refractivity contribution is -0.132. The minimum Gasteiger partial charge on any atom is -0.449 e. The third-order valence-corrected chi connectivity index (χ3v) is 7.07. The van der Waals surface area contributed by atoms with Crippen molar-refractivity contribution in [2.24, 2.45) is 11.8 Å². The van der Waals surface area contributed by atoms with E-state index >= 15 is 0 Å². The van der Waals surface area contributed by atoms with Gasteiger partial charge in [0.25, 0.3) is 10.1 Å². The lowest BCUT2D eigenvalue weighted by atomic mass is 9.98. The molecule has 3 rings (SSSR count). The van der Waals surface area contributed by atoms with Crippen LogP contribution in [0.4, 0.5) is 4.79 Å². The SMILES string of the molecule is O=C(CNC(=O)OCC1CCN(Cc2ccccc2)C1=O)N[C@@H](CC1CCNC1=O)C(O)S(=O)(=O)O. The van der Waals surface area contributed by atoms with Crippen LogP contribution in [0.1, 0.15) is 24.8 Å². The lowest BCUT2D eigenvalue weighted by Gasteiger charge is -2.24. The first-order valence-electron chi connectivity index (χ1n) is 11.5. The van der Waals surface area contributed by atoms with Gasteiger partial charge in [0, 0.05) is 25.6 Å². The zero-order chi connectivity index (χ0) is 26.3. The van der Waals surface area contributed by atoms with E-state index in [1.165, 1.54) is 0 Å². The first-order chi connectivity index (χ1) is 17.0. The Bertz CT molecular complexity index is 1070. The van der Waals surface area contributed by atoms with Crippen LogP contribution in [-0.2, 0) is 35.8 Å². The van der Waals surface area contributed by atoms with Crippen LogP contribution in [-0.4, -0.2) is 84.5 Å². The second-order valence-corrected chi connectivity index (χ2v) is 10.3. The van der Waals surface area contributed by atoms with E-state index in [1.807, 2.05) is 30.3 Å². The fourth-order valence-corrected chi connectivity index (χ4v) is 4.78. The second-order valence-electron chi connectivity index (χ2n) is 8.77. The molecule has 2 aliphatic rings. The number of aliphatic hydroxyl groups excluding tert-OH is 1. The molecule has 1 aromatic carbocycles. The lowest BCUT2D eigenvalue weighted by Crippen LogP contribution is -2.50. The number of rotatable bonds is 11. The maximum atomic E-state index is 12.5. The summed E-state index contributed by atoms with van der Waals surface area (Å²) in [6.45, 7) is 0.568. The minimum absolute atomic E-state index is 0.137. The summed E-state index contributed by atoms with van der Waals surface area (Å²) in [6.07, 6.45) is -0.298. The fourth-order valence-electron chi connectivity index (χ4n) is 4.19. The van der Waals surface area contributed by atoms with E-state index in [2.05, 4.69) is 16.0 Å². The molecular formula is C22H30N4O9S. The van der Waals surface area contributed by atoms with Crippen molar-refractivity contribution in [1.82, 2.24) is 20.9 Å². The summed E-state index contributed by atoms with van der Waals surface area (Å²) in [7, 11) is -4.92. The Kier molecular flexibility index (Phi) is 9.23. The standard InChI is InChI=1S/C22H30N4O9S/c27-18(25-17(21(30)36(32,33)34)10-15-6-8-23-19(15)28)11-24-22(31)35-13-16-7-9-26(20(16)29)12-14-4-2-1-3-5-14/h1-5,15-17,21,30H,6-13H2,(H,23,28)(H,24,31)(H,25,27)(H,32,33,34)/t15?,16?,17-,21?/m0/s1. The molecule has 4 atom stereocenters. The number of amides is 4. The molecule has 2 fully saturated rings. The summed E-state index contributed by atoms with van der Waals surface area (Å²) in [5, 5.41) is 16.9. The van der Waals surface area contributed by atoms with Crippen molar-refractivity contribution in [3.63, 3.8) is 0 Å². The molecule has 13 nitrogen and oxygen atoms in total. The number of nitrogens with one attached hydrogen (secondary N) is 3. The highest BCUT2D eigenvalue weighted by atomic mass is 32.2. The second kappa shape index (κ2) is 12.1. The van der Waals surface area contributed by atoms with Crippen LogP contribution in [0.5, 0.6) is 0 Å². The van der Waals surface area contributed by atoms with E-state index in [4.69, 9.17) is 4.74 Å². The molecule has 5 N–H and O–H groups in total. The monoisotopic (exact) mass is 526 g/mol. The van der Waals surface area contributed by atoms with Crippen molar-refractivity contribution in [2.75, 3.05) is 26.2 Å². The van der Waals surface area contributed by atoms with Crippen molar-refractivity contribution < 1.29 is 42.0 Å². The van der Waals surface area contributed by atoms with Crippen LogP contribution < -0.4 is 16.0 Å². The van der Waals surface area contributed by atoms with Crippen LogP contribution in [0, 0.1) is 11.8 Å². The Morgan fingerprint density at radius 3 is 2.53 bits per heavy atom. The Labute approximate surface area is 208 Å². The minimum atomic E-state index is -4.92. The maximum absolute atomic E-state index is 12.5. The summed E-state index contributed by atoms with van der Waals surface area (Å²) in [5.74, 6) is -2.52. The highest BCUT2D eigenvalue weighted by Gasteiger charge is 2.36. The number of alkyl carbamates (subject to hydrolysis) is 1. The van der Waals surface area contributed by atoms with Crippen molar-refractivity contribution in [2.45, 2.75) is 37.3 Å². The third-order valence-electron chi connectivity index (χ3n) is 6.13. The van der Waals surface area contributed by atoms with E-state index in [9.17, 15) is 37.3 Å². The molecule has 14 heteroatoms. The van der Waals surface area contributed by atoms with Crippen LogP contribution in [0.15, 0.2) is 30.3 Å². The van der Waals surface area contributed by atoms with Crippen LogP contribution in [0.25, 0.3) is 0 Å². The molecule has 4 amide bonds. The molecule has 0 aliphatic carbocycles. The van der Waals surface area contributed by atoms with E-state index in [0.29, 0.717) is 32.5 Å². The van der Waals surface area contributed by atoms with Gasteiger partial charge in [0.15, 0.2) is 0 Å². The van der Waals surface area contributed by atoms with Crippen molar-refractivity contribution in [1.29, 1.82) is 0 Å². The zero-order valence-electron chi connectivity index (χ0n) is 19.5. The van der Waals surface area contributed by atoms with Gasteiger partial charge in [0.1, 0.15) is 13.2 Å². The third kappa shape index (κ3) is 7.63. The predicted octanol–water partition coefficient (Wildman–Crippen LogP) is -1.02. The van der Waals surface area contributed by atoms with Crippen molar-refractivity contribution in [3.8, 4) is 0 Å². The van der Waals surface area contributed by atoms with E-state index < -0.39 is 52.0 Å². The summed E-state index contributed by atoms with van der Waals surface area (Å²) >= 11 is 0. The van der Waals surface area contributed by atoms with Gasteiger partial charge >= 0.3 is 6.09 Å². The highest BCUT2D eigenvalue weighted by Crippen LogP contribution is 2.21. The number of nitrogens with zero attached hydrogens (tertiary/aromatic N) is 1. The number of hydrogen-bond donors (Lipinski definition) is 5. The molecule has 2 heterocycles. The molecule has 3 unspecified atom stereocenters. The maximum Gasteiger partial charge on any atom is 0.407 e. The summed E-state index contributed by atoms with van der Waals surface area (Å²) < 4.78 is 37.0. The Balaban J connectivity index is 1.43. The van der Waals surface area contributed by atoms with E-state index in [-0.39, 0.29) is 24.8 Å². The van der Waals surface area contributed by atoms with Gasteiger partial charge in [-0.1, -0.05) is 30.3 Å². The van der Waals surface area contributed by atoms with Gasteiger partial charge in [-0.25, -0.2) is 4.79 Å². The van der Waals surface area contributed by atoms with Crippen LogP contribution >= 0.6 is 0 Å².